The van der Waals surface area contributed by atoms with Crippen LogP contribution in [-0.4, -0.2) is 57.0 Å². The molecule has 3 atom stereocenters. The molecule has 10 heteroatoms. The van der Waals surface area contributed by atoms with E-state index in [0.29, 0.717) is 28.9 Å². The van der Waals surface area contributed by atoms with Gasteiger partial charge >= 0.3 is 5.97 Å². The van der Waals surface area contributed by atoms with Crippen LogP contribution in [-0.2, 0) is 20.9 Å². The number of carboxylic acid groups (broad SMARTS) is 1. The van der Waals surface area contributed by atoms with E-state index >= 15 is 0 Å². The number of halogens is 1. The number of benzene rings is 1. The zero-order valence-corrected chi connectivity index (χ0v) is 23.4. The fourth-order valence-electron chi connectivity index (χ4n) is 5.17. The molecule has 0 saturated heterocycles. The van der Waals surface area contributed by atoms with Crippen molar-refractivity contribution in [1.82, 2.24) is 20.4 Å². The Bertz CT molecular complexity index is 1220. The van der Waals surface area contributed by atoms with Gasteiger partial charge in [0.25, 0.3) is 5.91 Å². The van der Waals surface area contributed by atoms with Crippen LogP contribution in [0.3, 0.4) is 0 Å². The molecule has 9 nitrogen and oxygen atoms in total. The molecular weight excluding hydrogens is 520 g/mol. The summed E-state index contributed by atoms with van der Waals surface area (Å²) in [5, 5.41) is 21.1. The zero-order valence-electron chi connectivity index (χ0n) is 22.7. The van der Waals surface area contributed by atoms with Crippen LogP contribution in [0.5, 0.6) is 0 Å². The van der Waals surface area contributed by atoms with Gasteiger partial charge in [0.1, 0.15) is 5.69 Å². The topological polar surface area (TPSA) is 123 Å². The zero-order chi connectivity index (χ0) is 28.1. The highest BCUT2D eigenvalue weighted by molar-refractivity contribution is 6.30. The molecule has 0 bridgehead atoms. The largest absolute Gasteiger partial charge is 0.478 e. The lowest BCUT2D eigenvalue weighted by Gasteiger charge is -2.38. The summed E-state index contributed by atoms with van der Waals surface area (Å²) in [7, 11) is 0. The maximum Gasteiger partial charge on any atom is 0.331 e. The molecule has 0 aliphatic heterocycles. The number of hydrogen-bond donors (Lipinski definition) is 3. The third-order valence-electron chi connectivity index (χ3n) is 7.62. The predicted molar refractivity (Wildman–Crippen MR) is 148 cm³/mol. The van der Waals surface area contributed by atoms with Gasteiger partial charge in [-0.2, -0.15) is 5.10 Å². The average molecular weight is 557 g/mol. The summed E-state index contributed by atoms with van der Waals surface area (Å²) in [4.78, 5) is 37.9. The number of aliphatic carboxylic acids is 1. The van der Waals surface area contributed by atoms with Crippen molar-refractivity contribution in [3.8, 4) is 11.3 Å². The molecule has 1 heterocycles. The number of carboxylic acids is 1. The van der Waals surface area contributed by atoms with E-state index in [1.165, 1.54) is 13.3 Å². The van der Waals surface area contributed by atoms with Crippen molar-refractivity contribution in [1.29, 1.82) is 0 Å². The van der Waals surface area contributed by atoms with E-state index in [2.05, 4.69) is 10.6 Å². The van der Waals surface area contributed by atoms with E-state index in [1.54, 1.807) is 29.0 Å². The number of nitrogens with zero attached hydrogens (tertiary/aromatic N) is 2. The summed E-state index contributed by atoms with van der Waals surface area (Å²) in [6, 6.07) is 7.70. The third-order valence-corrected chi connectivity index (χ3v) is 7.87. The first kappa shape index (κ1) is 28.8. The first-order valence-electron chi connectivity index (χ1n) is 13.7. The minimum Gasteiger partial charge on any atom is -0.478 e. The molecule has 4 rings (SSSR count). The van der Waals surface area contributed by atoms with Crippen LogP contribution < -0.4 is 10.6 Å². The van der Waals surface area contributed by atoms with Crippen LogP contribution in [0, 0.1) is 5.92 Å². The summed E-state index contributed by atoms with van der Waals surface area (Å²) in [6.45, 7) is 6.01. The number of ether oxygens (including phenoxy) is 1. The molecule has 2 aliphatic carbocycles. The van der Waals surface area contributed by atoms with Crippen molar-refractivity contribution in [3.05, 3.63) is 52.7 Å². The van der Waals surface area contributed by atoms with Crippen LogP contribution in [0.2, 0.25) is 5.02 Å². The van der Waals surface area contributed by atoms with Crippen LogP contribution >= 0.6 is 11.6 Å². The lowest BCUT2D eigenvalue weighted by atomic mass is 9.85. The maximum absolute atomic E-state index is 13.8. The quantitative estimate of drug-likeness (QED) is 0.372. The SMILES string of the molecule is CCC(CC)O[C@@H]1C=C(C(=O)O)C[C@H](NC(=O)c2cc(-c3ccc(Cl)cc3)nn2CC2CCC2)[C@H]1NC(C)=O. The van der Waals surface area contributed by atoms with E-state index in [9.17, 15) is 19.5 Å². The van der Waals surface area contributed by atoms with Gasteiger partial charge < -0.3 is 20.5 Å². The number of carbonyl (C=O) groups is 3. The minimum absolute atomic E-state index is 0.0512. The second kappa shape index (κ2) is 12.8. The third kappa shape index (κ3) is 7.08. The van der Waals surface area contributed by atoms with E-state index in [-0.39, 0.29) is 29.9 Å². The first-order valence-corrected chi connectivity index (χ1v) is 14.1. The van der Waals surface area contributed by atoms with Crippen molar-refractivity contribution >= 4 is 29.4 Å². The molecule has 39 heavy (non-hydrogen) atoms. The van der Waals surface area contributed by atoms with E-state index in [0.717, 1.165) is 31.2 Å². The Morgan fingerprint density at radius 3 is 2.41 bits per heavy atom. The fourth-order valence-corrected chi connectivity index (χ4v) is 5.30. The van der Waals surface area contributed by atoms with E-state index in [1.807, 2.05) is 26.0 Å². The monoisotopic (exact) mass is 556 g/mol. The Labute approximate surface area is 233 Å². The van der Waals surface area contributed by atoms with E-state index in [4.69, 9.17) is 21.4 Å². The van der Waals surface area contributed by atoms with Crippen LogP contribution in [0.25, 0.3) is 11.3 Å². The van der Waals surface area contributed by atoms with Gasteiger partial charge in [-0.3, -0.25) is 14.3 Å². The Hall–Kier alpha value is -3.17. The number of aromatic nitrogens is 2. The Kier molecular flexibility index (Phi) is 9.45. The lowest BCUT2D eigenvalue weighted by Crippen LogP contribution is -2.59. The van der Waals surface area contributed by atoms with Gasteiger partial charge in [0.05, 0.1) is 30.0 Å². The second-order valence-corrected chi connectivity index (χ2v) is 10.9. The summed E-state index contributed by atoms with van der Waals surface area (Å²) in [5.41, 5.74) is 2.02. The number of carbonyl (C=O) groups excluding carboxylic acids is 2. The fraction of sp³-hybridized carbons (Fsp3) is 0.517. The molecule has 2 amide bonds. The number of rotatable bonds is 11. The molecule has 1 saturated carbocycles. The van der Waals surface area contributed by atoms with Crippen molar-refractivity contribution in [2.45, 2.75) is 90.1 Å². The first-order chi connectivity index (χ1) is 18.7. The maximum atomic E-state index is 13.8. The van der Waals surface area contributed by atoms with E-state index < -0.39 is 24.2 Å². The Morgan fingerprint density at radius 1 is 1.15 bits per heavy atom. The molecule has 1 aromatic carbocycles. The highest BCUT2D eigenvalue weighted by Crippen LogP contribution is 2.30. The van der Waals surface area contributed by atoms with Crippen molar-refractivity contribution in [2.24, 2.45) is 5.92 Å². The smallest absolute Gasteiger partial charge is 0.331 e. The van der Waals surface area contributed by atoms with Crippen LogP contribution in [0.1, 0.15) is 69.8 Å². The van der Waals surface area contributed by atoms with Gasteiger partial charge in [-0.1, -0.05) is 44.0 Å². The predicted octanol–water partition coefficient (Wildman–Crippen LogP) is 4.60. The van der Waals surface area contributed by atoms with Gasteiger partial charge in [-0.25, -0.2) is 4.79 Å². The average Bonchev–Trinajstić information content (AvgIpc) is 3.30. The van der Waals surface area contributed by atoms with Gasteiger partial charge in [0.2, 0.25) is 5.91 Å². The number of amides is 2. The molecule has 210 valence electrons. The molecule has 2 aromatic rings. The normalized spacial score (nSPS) is 21.3. The molecular formula is C29H37ClN4O5. The van der Waals surface area contributed by atoms with Gasteiger partial charge in [-0.05, 0) is 55.9 Å². The van der Waals surface area contributed by atoms with Crippen molar-refractivity contribution in [2.75, 3.05) is 0 Å². The Balaban J connectivity index is 1.64. The molecule has 0 radical (unpaired) electrons. The van der Waals surface area contributed by atoms with Crippen LogP contribution in [0.4, 0.5) is 0 Å². The second-order valence-electron chi connectivity index (χ2n) is 10.4. The number of nitrogens with one attached hydrogen (secondary N) is 2. The molecule has 1 aromatic heterocycles. The highest BCUT2D eigenvalue weighted by atomic mass is 35.5. The standard InChI is InChI=1S/C29H37ClN4O5/c1-4-22(5-2)39-26-14-20(29(37)38)13-24(27(26)31-17(3)35)32-28(36)25-15-23(19-9-11-21(30)12-10-19)33-34(25)16-18-7-6-8-18/h9-12,14-15,18,22,24,26-27H,4-8,13,16H2,1-3H3,(H,31,35)(H,32,36)(H,37,38)/t24-,26+,27+/m0/s1. The molecule has 1 fully saturated rings. The van der Waals surface area contributed by atoms with Crippen molar-refractivity contribution in [3.63, 3.8) is 0 Å². The minimum atomic E-state index is -1.08. The lowest BCUT2D eigenvalue weighted by molar-refractivity contribution is -0.133. The van der Waals surface area contributed by atoms with Gasteiger partial charge in [0.15, 0.2) is 0 Å². The van der Waals surface area contributed by atoms with Gasteiger partial charge in [-0.15, -0.1) is 0 Å². The molecule has 3 N–H and O–H groups in total. The molecule has 0 unspecified atom stereocenters. The summed E-state index contributed by atoms with van der Waals surface area (Å²) < 4.78 is 7.98. The Morgan fingerprint density at radius 2 is 1.85 bits per heavy atom. The molecule has 0 spiro atoms. The summed E-state index contributed by atoms with van der Waals surface area (Å²) in [6.07, 6.45) is 5.62. The van der Waals surface area contributed by atoms with Crippen LogP contribution in [0.15, 0.2) is 42.0 Å². The summed E-state index contributed by atoms with van der Waals surface area (Å²) in [5.74, 6) is -1.29. The summed E-state index contributed by atoms with van der Waals surface area (Å²) >= 11 is 6.06. The highest BCUT2D eigenvalue weighted by Gasteiger charge is 2.39. The van der Waals surface area contributed by atoms with Gasteiger partial charge in [0, 0.05) is 36.0 Å². The number of hydrogen-bond acceptors (Lipinski definition) is 5. The van der Waals surface area contributed by atoms with Crippen molar-refractivity contribution < 1.29 is 24.2 Å². The molecule has 2 aliphatic rings.